The first-order chi connectivity index (χ1) is 8.40. The minimum absolute atomic E-state index is 0.127. The lowest BCUT2D eigenvalue weighted by molar-refractivity contribution is -0.143. The van der Waals surface area contributed by atoms with Crippen LogP contribution in [0.5, 0.6) is 0 Å². The Hall–Kier alpha value is -2.04. The number of amides is 1. The topological polar surface area (TPSA) is 92.4 Å². The SMILES string of the molecule is CC(C)[C@@H](NC(=O)Cc1cccc(N)c1)C(=O)O. The molecule has 18 heavy (non-hydrogen) atoms. The molecule has 4 N–H and O–H groups in total. The predicted molar refractivity (Wildman–Crippen MR) is 69.0 cm³/mol. The Balaban J connectivity index is 2.63. The fourth-order valence-corrected chi connectivity index (χ4v) is 1.63. The number of hydrogen-bond acceptors (Lipinski definition) is 3. The normalized spacial score (nSPS) is 12.2. The number of carbonyl (C=O) groups is 2. The van der Waals surface area contributed by atoms with Crippen molar-refractivity contribution in [2.45, 2.75) is 26.3 Å². The molecule has 0 radical (unpaired) electrons. The van der Waals surface area contributed by atoms with Gasteiger partial charge in [-0.15, -0.1) is 0 Å². The van der Waals surface area contributed by atoms with Gasteiger partial charge < -0.3 is 16.2 Å². The molecule has 1 atom stereocenters. The lowest BCUT2D eigenvalue weighted by Gasteiger charge is -2.17. The van der Waals surface area contributed by atoms with E-state index in [1.54, 1.807) is 38.1 Å². The minimum atomic E-state index is -1.02. The van der Waals surface area contributed by atoms with Crippen molar-refractivity contribution in [3.63, 3.8) is 0 Å². The van der Waals surface area contributed by atoms with Crippen LogP contribution in [0.2, 0.25) is 0 Å². The molecule has 5 nitrogen and oxygen atoms in total. The molecular formula is C13H18N2O3. The molecule has 0 aromatic heterocycles. The smallest absolute Gasteiger partial charge is 0.326 e. The molecule has 5 heteroatoms. The maximum atomic E-state index is 11.7. The number of benzene rings is 1. The number of rotatable bonds is 5. The van der Waals surface area contributed by atoms with E-state index in [9.17, 15) is 9.59 Å². The Bertz CT molecular complexity index is 444. The monoisotopic (exact) mass is 250 g/mol. The molecule has 0 bridgehead atoms. The molecule has 0 saturated carbocycles. The number of nitrogen functional groups attached to an aromatic ring is 1. The van der Waals surface area contributed by atoms with Crippen molar-refractivity contribution in [1.82, 2.24) is 5.32 Å². The molecule has 0 heterocycles. The van der Waals surface area contributed by atoms with Crippen LogP contribution in [0.3, 0.4) is 0 Å². The fraction of sp³-hybridized carbons (Fsp3) is 0.385. The van der Waals surface area contributed by atoms with Crippen molar-refractivity contribution in [1.29, 1.82) is 0 Å². The van der Waals surface area contributed by atoms with Crippen LogP contribution < -0.4 is 11.1 Å². The van der Waals surface area contributed by atoms with Crippen LogP contribution in [-0.2, 0) is 16.0 Å². The quantitative estimate of drug-likeness (QED) is 0.681. The summed E-state index contributed by atoms with van der Waals surface area (Å²) in [6.45, 7) is 3.50. The zero-order valence-corrected chi connectivity index (χ0v) is 10.5. The molecule has 1 rings (SSSR count). The van der Waals surface area contributed by atoms with Gasteiger partial charge in [-0.3, -0.25) is 4.79 Å². The average Bonchev–Trinajstić information content (AvgIpc) is 2.25. The van der Waals surface area contributed by atoms with Gasteiger partial charge in [0, 0.05) is 5.69 Å². The molecule has 1 aromatic carbocycles. The van der Waals surface area contributed by atoms with E-state index in [1.165, 1.54) is 0 Å². The first kappa shape index (κ1) is 14.0. The number of carboxylic acid groups (broad SMARTS) is 1. The minimum Gasteiger partial charge on any atom is -0.480 e. The van der Waals surface area contributed by atoms with E-state index in [0.717, 1.165) is 5.56 Å². The van der Waals surface area contributed by atoms with Crippen LogP contribution in [-0.4, -0.2) is 23.0 Å². The van der Waals surface area contributed by atoms with Crippen LogP contribution >= 0.6 is 0 Å². The summed E-state index contributed by atoms with van der Waals surface area (Å²) in [5, 5.41) is 11.5. The van der Waals surface area contributed by atoms with Crippen molar-refractivity contribution in [3.05, 3.63) is 29.8 Å². The third-order valence-electron chi connectivity index (χ3n) is 2.56. The molecule has 0 spiro atoms. The second-order valence-corrected chi connectivity index (χ2v) is 4.55. The lowest BCUT2D eigenvalue weighted by Crippen LogP contribution is -2.44. The van der Waals surface area contributed by atoms with Crippen molar-refractivity contribution in [3.8, 4) is 0 Å². The van der Waals surface area contributed by atoms with Gasteiger partial charge in [0.05, 0.1) is 6.42 Å². The van der Waals surface area contributed by atoms with E-state index in [4.69, 9.17) is 10.8 Å². The van der Waals surface area contributed by atoms with Crippen LogP contribution in [0.15, 0.2) is 24.3 Å². The second-order valence-electron chi connectivity index (χ2n) is 4.55. The molecular weight excluding hydrogens is 232 g/mol. The Labute approximate surface area is 106 Å². The number of aliphatic carboxylic acids is 1. The van der Waals surface area contributed by atoms with Crippen LogP contribution in [0.4, 0.5) is 5.69 Å². The van der Waals surface area contributed by atoms with Crippen LogP contribution in [0.25, 0.3) is 0 Å². The standard InChI is InChI=1S/C13H18N2O3/c1-8(2)12(13(17)18)15-11(16)7-9-4-3-5-10(14)6-9/h3-6,8,12H,7,14H2,1-2H3,(H,15,16)(H,17,18)/t12-/m1/s1. The molecule has 0 aliphatic heterocycles. The van der Waals surface area contributed by atoms with Gasteiger partial charge in [-0.25, -0.2) is 4.79 Å². The zero-order valence-electron chi connectivity index (χ0n) is 10.5. The molecule has 1 amide bonds. The third kappa shape index (κ3) is 4.08. The number of carbonyl (C=O) groups excluding carboxylic acids is 1. The second kappa shape index (κ2) is 6.05. The fourth-order valence-electron chi connectivity index (χ4n) is 1.63. The number of hydrogen-bond donors (Lipinski definition) is 3. The van der Waals surface area contributed by atoms with Gasteiger partial charge >= 0.3 is 5.97 Å². The lowest BCUT2D eigenvalue weighted by atomic mass is 10.0. The first-order valence-corrected chi connectivity index (χ1v) is 5.76. The van der Waals surface area contributed by atoms with Crippen LogP contribution in [0, 0.1) is 5.92 Å². The molecule has 1 aromatic rings. The number of anilines is 1. The molecule has 0 aliphatic rings. The summed E-state index contributed by atoms with van der Waals surface area (Å²) in [5.74, 6) is -1.50. The van der Waals surface area contributed by atoms with Gasteiger partial charge in [0.1, 0.15) is 6.04 Å². The van der Waals surface area contributed by atoms with E-state index < -0.39 is 12.0 Å². The number of carboxylic acids is 1. The van der Waals surface area contributed by atoms with Crippen molar-refractivity contribution >= 4 is 17.6 Å². The van der Waals surface area contributed by atoms with E-state index in [1.807, 2.05) is 0 Å². The maximum absolute atomic E-state index is 11.7. The molecule has 0 unspecified atom stereocenters. The van der Waals surface area contributed by atoms with E-state index >= 15 is 0 Å². The van der Waals surface area contributed by atoms with Gasteiger partial charge in [-0.2, -0.15) is 0 Å². The Morgan fingerprint density at radius 3 is 2.56 bits per heavy atom. The van der Waals surface area contributed by atoms with Crippen molar-refractivity contribution in [2.24, 2.45) is 5.92 Å². The van der Waals surface area contributed by atoms with Gasteiger partial charge in [-0.1, -0.05) is 26.0 Å². The number of nitrogens with one attached hydrogen (secondary N) is 1. The van der Waals surface area contributed by atoms with E-state index in [-0.39, 0.29) is 18.2 Å². The van der Waals surface area contributed by atoms with Gasteiger partial charge in [0.2, 0.25) is 5.91 Å². The summed E-state index contributed by atoms with van der Waals surface area (Å²) in [7, 11) is 0. The maximum Gasteiger partial charge on any atom is 0.326 e. The van der Waals surface area contributed by atoms with Gasteiger partial charge in [0.25, 0.3) is 0 Å². The highest BCUT2D eigenvalue weighted by atomic mass is 16.4. The molecule has 0 saturated heterocycles. The van der Waals surface area contributed by atoms with Crippen LogP contribution in [0.1, 0.15) is 19.4 Å². The Morgan fingerprint density at radius 1 is 1.39 bits per heavy atom. The summed E-state index contributed by atoms with van der Waals surface area (Å²) in [5.41, 5.74) is 6.95. The zero-order chi connectivity index (χ0) is 13.7. The largest absolute Gasteiger partial charge is 0.480 e. The van der Waals surface area contributed by atoms with Crippen molar-refractivity contribution in [2.75, 3.05) is 5.73 Å². The average molecular weight is 250 g/mol. The Morgan fingerprint density at radius 2 is 2.06 bits per heavy atom. The Kier molecular flexibility index (Phi) is 4.71. The highest BCUT2D eigenvalue weighted by molar-refractivity contribution is 5.85. The van der Waals surface area contributed by atoms with E-state index in [2.05, 4.69) is 5.32 Å². The molecule has 0 fully saturated rings. The van der Waals surface area contributed by atoms with E-state index in [0.29, 0.717) is 5.69 Å². The van der Waals surface area contributed by atoms with Gasteiger partial charge in [0.15, 0.2) is 0 Å². The summed E-state index contributed by atoms with van der Waals surface area (Å²) >= 11 is 0. The van der Waals surface area contributed by atoms with Crippen molar-refractivity contribution < 1.29 is 14.7 Å². The summed E-state index contributed by atoms with van der Waals surface area (Å²) in [4.78, 5) is 22.7. The summed E-state index contributed by atoms with van der Waals surface area (Å²) < 4.78 is 0. The highest BCUT2D eigenvalue weighted by Crippen LogP contribution is 2.08. The first-order valence-electron chi connectivity index (χ1n) is 5.76. The summed E-state index contributed by atoms with van der Waals surface area (Å²) in [6.07, 6.45) is 0.127. The van der Waals surface area contributed by atoms with Gasteiger partial charge in [-0.05, 0) is 23.6 Å². The molecule has 98 valence electrons. The predicted octanol–water partition coefficient (Wildman–Crippen LogP) is 1.04. The highest BCUT2D eigenvalue weighted by Gasteiger charge is 2.23. The summed E-state index contributed by atoms with van der Waals surface area (Å²) in [6, 6.07) is 6.11. The molecule has 0 aliphatic carbocycles. The third-order valence-corrected chi connectivity index (χ3v) is 2.56. The number of nitrogens with two attached hydrogens (primary N) is 1.